The molecule has 0 saturated carbocycles. The highest BCUT2D eigenvalue weighted by Gasteiger charge is 2.22. The third-order valence-corrected chi connectivity index (χ3v) is 3.83. The van der Waals surface area contributed by atoms with Crippen LogP contribution in [0.2, 0.25) is 10.0 Å². The molecule has 2 aromatic rings. The van der Waals surface area contributed by atoms with Crippen LogP contribution in [0.5, 0.6) is 5.75 Å². The fraction of sp³-hybridized carbons (Fsp3) is 0.125. The highest BCUT2D eigenvalue weighted by molar-refractivity contribution is 6.39. The van der Waals surface area contributed by atoms with Crippen LogP contribution in [-0.4, -0.2) is 23.2 Å². The summed E-state index contributed by atoms with van der Waals surface area (Å²) < 4.78 is 5.36. The number of halogens is 2. The molecule has 0 bridgehead atoms. The minimum absolute atomic E-state index is 0.124. The van der Waals surface area contributed by atoms with Crippen molar-refractivity contribution in [1.29, 1.82) is 0 Å². The number of rotatable bonds is 6. The zero-order chi connectivity index (χ0) is 18.6. The Bertz CT molecular complexity index is 821. The van der Waals surface area contributed by atoms with E-state index in [9.17, 15) is 19.7 Å². The standard InChI is InChI=1S/C16H12Cl2N2O5/c1-9(16(22)19-15-11(17)3-2-4-12(15)18)25-14-6-5-10(8-21)7-13(14)20(23)24/h2-9H,1H3,(H,19,22)/t9-/m1/s1. The molecule has 0 spiro atoms. The Morgan fingerprint density at radius 1 is 1.28 bits per heavy atom. The van der Waals surface area contributed by atoms with Gasteiger partial charge in [-0.1, -0.05) is 29.3 Å². The zero-order valence-corrected chi connectivity index (χ0v) is 14.4. The Morgan fingerprint density at radius 2 is 1.92 bits per heavy atom. The number of ether oxygens (including phenoxy) is 1. The molecule has 0 unspecified atom stereocenters. The molecule has 1 amide bonds. The molecule has 0 aliphatic rings. The van der Waals surface area contributed by atoms with Crippen molar-refractivity contribution in [2.24, 2.45) is 0 Å². The quantitative estimate of drug-likeness (QED) is 0.460. The fourth-order valence-corrected chi connectivity index (χ4v) is 2.43. The smallest absolute Gasteiger partial charge is 0.311 e. The summed E-state index contributed by atoms with van der Waals surface area (Å²) in [5, 5.41) is 14.1. The molecular formula is C16H12Cl2N2O5. The van der Waals surface area contributed by atoms with E-state index in [4.69, 9.17) is 27.9 Å². The van der Waals surface area contributed by atoms with E-state index in [0.29, 0.717) is 6.29 Å². The Hall–Kier alpha value is -2.64. The molecule has 0 aliphatic carbocycles. The fourth-order valence-electron chi connectivity index (χ4n) is 1.94. The summed E-state index contributed by atoms with van der Waals surface area (Å²) in [7, 11) is 0. The van der Waals surface area contributed by atoms with Gasteiger partial charge in [-0.2, -0.15) is 0 Å². The van der Waals surface area contributed by atoms with Gasteiger partial charge in [0.15, 0.2) is 11.9 Å². The third kappa shape index (κ3) is 4.46. The van der Waals surface area contributed by atoms with E-state index in [-0.39, 0.29) is 27.0 Å². The first-order valence-electron chi connectivity index (χ1n) is 6.98. The van der Waals surface area contributed by atoms with Crippen molar-refractivity contribution in [3.05, 3.63) is 62.1 Å². The van der Waals surface area contributed by atoms with Gasteiger partial charge in [0.05, 0.1) is 20.7 Å². The predicted octanol–water partition coefficient (Wildman–Crippen LogP) is 4.12. The van der Waals surface area contributed by atoms with Crippen LogP contribution < -0.4 is 10.1 Å². The second-order valence-corrected chi connectivity index (χ2v) is 5.76. The second kappa shape index (κ2) is 7.96. The number of carbonyl (C=O) groups is 2. The average Bonchev–Trinajstić information content (AvgIpc) is 2.58. The van der Waals surface area contributed by atoms with E-state index < -0.39 is 22.6 Å². The van der Waals surface area contributed by atoms with Gasteiger partial charge in [-0.25, -0.2) is 0 Å². The third-order valence-electron chi connectivity index (χ3n) is 3.20. The maximum Gasteiger partial charge on any atom is 0.311 e. The molecule has 0 saturated heterocycles. The minimum Gasteiger partial charge on any atom is -0.474 e. The highest BCUT2D eigenvalue weighted by atomic mass is 35.5. The summed E-state index contributed by atoms with van der Waals surface area (Å²) in [6.07, 6.45) is -0.597. The number of aldehydes is 1. The number of benzene rings is 2. The number of hydrogen-bond donors (Lipinski definition) is 1. The second-order valence-electron chi connectivity index (χ2n) is 4.95. The van der Waals surface area contributed by atoms with Gasteiger partial charge in [-0.3, -0.25) is 19.7 Å². The van der Waals surface area contributed by atoms with Crippen molar-refractivity contribution in [3.8, 4) is 5.75 Å². The van der Waals surface area contributed by atoms with Gasteiger partial charge in [0.25, 0.3) is 5.91 Å². The maximum atomic E-state index is 12.2. The van der Waals surface area contributed by atoms with Crippen molar-refractivity contribution < 1.29 is 19.2 Å². The SMILES string of the molecule is C[C@@H](Oc1ccc(C=O)cc1[N+](=O)[O-])C(=O)Nc1c(Cl)cccc1Cl. The van der Waals surface area contributed by atoms with Gasteiger partial charge in [0.2, 0.25) is 0 Å². The number of amides is 1. The van der Waals surface area contributed by atoms with Crippen molar-refractivity contribution in [2.75, 3.05) is 5.32 Å². The summed E-state index contributed by atoms with van der Waals surface area (Å²) in [5.41, 5.74) is -0.0730. The molecule has 25 heavy (non-hydrogen) atoms. The number of carbonyl (C=O) groups excluding carboxylic acids is 2. The van der Waals surface area contributed by atoms with E-state index in [2.05, 4.69) is 5.32 Å². The van der Waals surface area contributed by atoms with Crippen molar-refractivity contribution >= 4 is 46.8 Å². The lowest BCUT2D eigenvalue weighted by atomic mass is 10.2. The topological polar surface area (TPSA) is 98.5 Å². The molecule has 0 aromatic heterocycles. The molecule has 0 heterocycles. The summed E-state index contributed by atoms with van der Waals surface area (Å²) in [4.78, 5) is 33.4. The van der Waals surface area contributed by atoms with Gasteiger partial charge in [-0.15, -0.1) is 0 Å². The molecule has 7 nitrogen and oxygen atoms in total. The van der Waals surface area contributed by atoms with Crippen LogP contribution in [0.3, 0.4) is 0 Å². The van der Waals surface area contributed by atoms with Gasteiger partial charge < -0.3 is 10.1 Å². The number of hydrogen-bond acceptors (Lipinski definition) is 5. The van der Waals surface area contributed by atoms with Crippen molar-refractivity contribution in [1.82, 2.24) is 0 Å². The molecule has 2 aromatic carbocycles. The molecule has 2 rings (SSSR count). The van der Waals surface area contributed by atoms with Gasteiger partial charge >= 0.3 is 5.69 Å². The lowest BCUT2D eigenvalue weighted by Crippen LogP contribution is -2.30. The Balaban J connectivity index is 2.19. The van der Waals surface area contributed by atoms with E-state index in [1.54, 1.807) is 18.2 Å². The molecule has 0 aliphatic heterocycles. The number of nitrogens with one attached hydrogen (secondary N) is 1. The van der Waals surface area contributed by atoms with Crippen molar-refractivity contribution in [2.45, 2.75) is 13.0 Å². The van der Waals surface area contributed by atoms with Crippen LogP contribution in [-0.2, 0) is 4.79 Å². The molecule has 9 heteroatoms. The maximum absolute atomic E-state index is 12.2. The summed E-state index contributed by atoms with van der Waals surface area (Å²) in [6, 6.07) is 8.41. The van der Waals surface area contributed by atoms with Crippen molar-refractivity contribution in [3.63, 3.8) is 0 Å². The molecule has 0 radical (unpaired) electrons. The number of nitrogens with zero attached hydrogens (tertiary/aromatic N) is 1. The van der Waals surface area contributed by atoms with Crippen LogP contribution in [0.1, 0.15) is 17.3 Å². The zero-order valence-electron chi connectivity index (χ0n) is 12.9. The first-order valence-corrected chi connectivity index (χ1v) is 7.74. The van der Waals surface area contributed by atoms with Gasteiger partial charge in [0.1, 0.15) is 6.29 Å². The summed E-state index contributed by atoms with van der Waals surface area (Å²) in [5.74, 6) is -0.729. The highest BCUT2D eigenvalue weighted by Crippen LogP contribution is 2.31. The van der Waals surface area contributed by atoms with E-state index in [1.165, 1.54) is 19.1 Å². The normalized spacial score (nSPS) is 11.5. The molecule has 0 fully saturated rings. The number of nitro groups is 1. The number of nitro benzene ring substituents is 1. The van der Waals surface area contributed by atoms with Crippen LogP contribution in [0.15, 0.2) is 36.4 Å². The lowest BCUT2D eigenvalue weighted by Gasteiger charge is -2.16. The minimum atomic E-state index is -1.08. The molecule has 1 atom stereocenters. The van der Waals surface area contributed by atoms with E-state index >= 15 is 0 Å². The first-order chi connectivity index (χ1) is 11.8. The summed E-state index contributed by atoms with van der Waals surface area (Å²) >= 11 is 12.0. The monoisotopic (exact) mass is 382 g/mol. The van der Waals surface area contributed by atoms with Gasteiger partial charge in [-0.05, 0) is 31.2 Å². The van der Waals surface area contributed by atoms with Crippen LogP contribution in [0.25, 0.3) is 0 Å². The first kappa shape index (κ1) is 18.7. The van der Waals surface area contributed by atoms with Crippen LogP contribution in [0, 0.1) is 10.1 Å². The van der Waals surface area contributed by atoms with Crippen LogP contribution in [0.4, 0.5) is 11.4 Å². The molecule has 130 valence electrons. The van der Waals surface area contributed by atoms with Crippen LogP contribution >= 0.6 is 23.2 Å². The summed E-state index contributed by atoms with van der Waals surface area (Å²) in [6.45, 7) is 1.41. The Morgan fingerprint density at radius 3 is 2.48 bits per heavy atom. The van der Waals surface area contributed by atoms with E-state index in [1.807, 2.05) is 0 Å². The molecule has 1 N–H and O–H groups in total. The number of para-hydroxylation sites is 1. The number of anilines is 1. The van der Waals surface area contributed by atoms with Gasteiger partial charge in [0, 0.05) is 11.6 Å². The average molecular weight is 383 g/mol. The Kier molecular flexibility index (Phi) is 5.95. The lowest BCUT2D eigenvalue weighted by molar-refractivity contribution is -0.386. The largest absolute Gasteiger partial charge is 0.474 e. The predicted molar refractivity (Wildman–Crippen MR) is 93.7 cm³/mol. The molecular weight excluding hydrogens is 371 g/mol. The Labute approximate surface area is 152 Å². The van der Waals surface area contributed by atoms with E-state index in [0.717, 1.165) is 6.07 Å².